The number of aromatic nitrogens is 1. The third-order valence-electron chi connectivity index (χ3n) is 7.73. The second-order valence-corrected chi connectivity index (χ2v) is 10.4. The van der Waals surface area contributed by atoms with Crippen LogP contribution in [0.2, 0.25) is 0 Å². The fraction of sp³-hybridized carbons (Fsp3) is 0.367. The number of carbonyl (C=O) groups is 2. The number of carbonyl (C=O) groups excluding carboxylic acids is 2. The van der Waals surface area contributed by atoms with Crippen molar-refractivity contribution in [1.82, 2.24) is 15.2 Å². The highest BCUT2D eigenvalue weighted by molar-refractivity contribution is 6.05. The van der Waals surface area contributed by atoms with Gasteiger partial charge in [-0.2, -0.15) is 8.78 Å². The summed E-state index contributed by atoms with van der Waals surface area (Å²) in [7, 11) is 4.70. The molecule has 0 spiro atoms. The number of amides is 2. The Morgan fingerprint density at radius 2 is 1.61 bits per heavy atom. The van der Waals surface area contributed by atoms with Gasteiger partial charge in [0.05, 0.1) is 14.2 Å². The maximum atomic E-state index is 15.4. The molecule has 0 unspecified atom stereocenters. The highest BCUT2D eigenvalue weighted by atomic mass is 19.3. The van der Waals surface area contributed by atoms with Gasteiger partial charge in [-0.25, -0.2) is 13.8 Å². The van der Waals surface area contributed by atoms with Crippen molar-refractivity contribution in [2.45, 2.75) is 18.6 Å². The van der Waals surface area contributed by atoms with Crippen LogP contribution >= 0.6 is 0 Å². The van der Waals surface area contributed by atoms with E-state index in [1.54, 1.807) is 12.1 Å². The van der Waals surface area contributed by atoms with E-state index in [0.717, 1.165) is 25.2 Å². The van der Waals surface area contributed by atoms with Gasteiger partial charge in [0.15, 0.2) is 11.6 Å². The normalized spacial score (nSPS) is 19.0. The summed E-state index contributed by atoms with van der Waals surface area (Å²) in [4.78, 5) is 37.5. The molecule has 0 saturated carbocycles. The molecule has 10 nitrogen and oxygen atoms in total. The lowest BCUT2D eigenvalue weighted by atomic mass is 9.92. The molecule has 3 heterocycles. The SMILES string of the molecule is COc1cc(F)c([C@@H]2CN(c3nc(N4CCN(C)CC4)ccc3OC)C(=O)[C@H]2NC(=O)c2ccc(OC(F)F)cc2)c(F)c1. The molecule has 0 aliphatic carbocycles. The summed E-state index contributed by atoms with van der Waals surface area (Å²) < 4.78 is 70.7. The van der Waals surface area contributed by atoms with Crippen LogP contribution in [0.1, 0.15) is 21.8 Å². The average Bonchev–Trinajstić information content (AvgIpc) is 3.31. The van der Waals surface area contributed by atoms with Crippen molar-refractivity contribution >= 4 is 23.5 Å². The van der Waals surface area contributed by atoms with Crippen molar-refractivity contribution in [3.05, 3.63) is 71.3 Å². The number of benzene rings is 2. The van der Waals surface area contributed by atoms with E-state index in [1.807, 2.05) is 7.05 Å². The Balaban J connectivity index is 1.51. The summed E-state index contributed by atoms with van der Waals surface area (Å²) in [5.41, 5.74) is -0.401. The first kappa shape index (κ1) is 30.9. The molecule has 2 aliphatic heterocycles. The summed E-state index contributed by atoms with van der Waals surface area (Å²) in [5, 5.41) is 2.59. The van der Waals surface area contributed by atoms with Crippen molar-refractivity contribution < 1.29 is 41.4 Å². The van der Waals surface area contributed by atoms with Crippen LogP contribution < -0.4 is 29.3 Å². The minimum absolute atomic E-state index is 0.0139. The van der Waals surface area contributed by atoms with Gasteiger partial charge in [0.25, 0.3) is 11.8 Å². The Hall–Kier alpha value is -4.59. The van der Waals surface area contributed by atoms with Crippen LogP contribution in [-0.2, 0) is 4.79 Å². The summed E-state index contributed by atoms with van der Waals surface area (Å²) in [5.74, 6) is -3.77. The second kappa shape index (κ2) is 13.0. The van der Waals surface area contributed by atoms with Crippen LogP contribution in [0.25, 0.3) is 0 Å². The summed E-state index contributed by atoms with van der Waals surface area (Å²) in [6, 6.07) is 8.83. The molecular weight excluding hydrogens is 586 g/mol. The fourth-order valence-electron chi connectivity index (χ4n) is 5.38. The Bertz CT molecular complexity index is 1500. The van der Waals surface area contributed by atoms with Crippen molar-refractivity contribution in [2.75, 3.05) is 63.8 Å². The molecule has 2 aromatic carbocycles. The highest BCUT2D eigenvalue weighted by Gasteiger charge is 2.46. The minimum Gasteiger partial charge on any atom is -0.497 e. The van der Waals surface area contributed by atoms with Crippen molar-refractivity contribution in [3.63, 3.8) is 0 Å². The summed E-state index contributed by atoms with van der Waals surface area (Å²) >= 11 is 0. The highest BCUT2D eigenvalue weighted by Crippen LogP contribution is 2.39. The van der Waals surface area contributed by atoms with E-state index in [1.165, 1.54) is 43.4 Å². The Morgan fingerprint density at radius 3 is 2.20 bits per heavy atom. The van der Waals surface area contributed by atoms with Crippen LogP contribution in [-0.4, -0.2) is 88.3 Å². The van der Waals surface area contributed by atoms with Gasteiger partial charge in [-0.3, -0.25) is 14.5 Å². The predicted octanol–water partition coefficient (Wildman–Crippen LogP) is 3.66. The lowest BCUT2D eigenvalue weighted by Gasteiger charge is -2.33. The number of nitrogens with one attached hydrogen (secondary N) is 1. The molecule has 3 aromatic rings. The molecule has 2 saturated heterocycles. The molecule has 2 aliphatic rings. The summed E-state index contributed by atoms with van der Waals surface area (Å²) in [6.07, 6.45) is 0. The number of hydrogen-bond acceptors (Lipinski definition) is 8. The zero-order valence-corrected chi connectivity index (χ0v) is 24.2. The van der Waals surface area contributed by atoms with Gasteiger partial charge >= 0.3 is 6.61 Å². The van der Waals surface area contributed by atoms with Crippen LogP contribution in [0.15, 0.2) is 48.5 Å². The largest absolute Gasteiger partial charge is 0.497 e. The van der Waals surface area contributed by atoms with E-state index in [4.69, 9.17) is 14.5 Å². The maximum absolute atomic E-state index is 15.4. The van der Waals surface area contributed by atoms with Gasteiger partial charge in [0, 0.05) is 61.9 Å². The van der Waals surface area contributed by atoms with Gasteiger partial charge in [-0.15, -0.1) is 0 Å². The number of alkyl halides is 2. The number of halogens is 4. The van der Waals surface area contributed by atoms with Crippen molar-refractivity contribution in [2.24, 2.45) is 0 Å². The number of rotatable bonds is 9. The lowest BCUT2D eigenvalue weighted by Crippen LogP contribution is -2.45. The number of nitrogens with zero attached hydrogens (tertiary/aromatic N) is 4. The smallest absolute Gasteiger partial charge is 0.387 e. The third kappa shape index (κ3) is 6.34. The second-order valence-electron chi connectivity index (χ2n) is 10.4. The molecule has 234 valence electrons. The van der Waals surface area contributed by atoms with Crippen LogP contribution in [0.3, 0.4) is 0 Å². The molecule has 2 amide bonds. The van der Waals surface area contributed by atoms with Gasteiger partial charge in [0.1, 0.15) is 35.0 Å². The molecule has 14 heteroatoms. The third-order valence-corrected chi connectivity index (χ3v) is 7.73. The Labute approximate surface area is 251 Å². The van der Waals surface area contributed by atoms with E-state index >= 15 is 8.78 Å². The molecule has 1 aromatic heterocycles. The van der Waals surface area contributed by atoms with E-state index in [2.05, 4.69) is 19.9 Å². The van der Waals surface area contributed by atoms with Crippen LogP contribution in [0, 0.1) is 11.6 Å². The zero-order chi connectivity index (χ0) is 31.5. The first-order chi connectivity index (χ1) is 21.1. The van der Waals surface area contributed by atoms with E-state index in [0.29, 0.717) is 18.9 Å². The average molecular weight is 618 g/mol. The number of hydrogen-bond donors (Lipinski definition) is 1. The molecule has 2 fully saturated rings. The van der Waals surface area contributed by atoms with Crippen LogP contribution in [0.4, 0.5) is 29.2 Å². The number of pyridine rings is 1. The van der Waals surface area contributed by atoms with Gasteiger partial charge in [0.2, 0.25) is 0 Å². The molecule has 0 bridgehead atoms. The fourth-order valence-corrected chi connectivity index (χ4v) is 5.38. The Kier molecular flexibility index (Phi) is 9.09. The van der Waals surface area contributed by atoms with E-state index in [-0.39, 0.29) is 35.2 Å². The van der Waals surface area contributed by atoms with Gasteiger partial charge in [-0.05, 0) is 43.4 Å². The zero-order valence-electron chi connectivity index (χ0n) is 24.2. The number of methoxy groups -OCH3 is 2. The number of likely N-dealkylation sites (N-methyl/N-ethyl adjacent to an activating group) is 1. The standard InChI is InChI=1S/C30H31F4N5O5/c1-37-10-12-38(13-11-37)24-9-8-23(43-3)27(35-24)39-16-20(25-21(31)14-19(42-2)15-22(25)32)26(29(39)41)36-28(40)17-4-6-18(7-5-17)44-30(33)34/h4-9,14-15,20,26,30H,10-13,16H2,1-3H3,(H,36,40)/t20-,26-/m0/s1. The van der Waals surface area contributed by atoms with Crippen molar-refractivity contribution in [1.29, 1.82) is 0 Å². The van der Waals surface area contributed by atoms with E-state index in [9.17, 15) is 18.4 Å². The van der Waals surface area contributed by atoms with Crippen molar-refractivity contribution in [3.8, 4) is 17.2 Å². The van der Waals surface area contributed by atoms with Crippen LogP contribution in [0.5, 0.6) is 17.2 Å². The monoisotopic (exact) mass is 617 g/mol. The van der Waals surface area contributed by atoms with E-state index < -0.39 is 47.6 Å². The molecule has 44 heavy (non-hydrogen) atoms. The summed E-state index contributed by atoms with van der Waals surface area (Å²) in [6.45, 7) is -0.254. The number of anilines is 2. The van der Waals surface area contributed by atoms with Gasteiger partial charge in [-0.1, -0.05) is 0 Å². The predicted molar refractivity (Wildman–Crippen MR) is 153 cm³/mol. The molecule has 2 atom stereocenters. The van der Waals surface area contributed by atoms with Gasteiger partial charge < -0.3 is 29.3 Å². The number of ether oxygens (including phenoxy) is 3. The number of piperazine rings is 1. The first-order valence-electron chi connectivity index (χ1n) is 13.8. The molecule has 5 rings (SSSR count). The lowest BCUT2D eigenvalue weighted by molar-refractivity contribution is -0.118. The molecule has 0 radical (unpaired) electrons. The Morgan fingerprint density at radius 1 is 0.955 bits per heavy atom. The molecule has 1 N–H and O–H groups in total. The first-order valence-corrected chi connectivity index (χ1v) is 13.8. The topological polar surface area (TPSA) is 96.5 Å². The minimum atomic E-state index is -3.05. The maximum Gasteiger partial charge on any atom is 0.387 e. The molecular formula is C30H31F4N5O5. The quantitative estimate of drug-likeness (QED) is 0.364.